The van der Waals surface area contributed by atoms with Gasteiger partial charge in [0.05, 0.1) is 21.5 Å². The smallest absolute Gasteiger partial charge is 0.338 e. The maximum atomic E-state index is 13.3. The molecule has 6 nitrogen and oxygen atoms in total. The number of aromatic carboxylic acids is 1. The second-order valence-electron chi connectivity index (χ2n) is 5.14. The molecule has 1 aliphatic rings. The van der Waals surface area contributed by atoms with Crippen LogP contribution in [0.3, 0.4) is 0 Å². The molecular formula is C16H10ClFN2O4S. The van der Waals surface area contributed by atoms with Gasteiger partial charge in [-0.3, -0.25) is 9.59 Å². The van der Waals surface area contributed by atoms with Crippen molar-refractivity contribution in [3.8, 4) is 0 Å². The molecule has 2 heterocycles. The average Bonchev–Trinajstić information content (AvgIpc) is 2.84. The summed E-state index contributed by atoms with van der Waals surface area (Å²) in [6, 6.07) is 6.40. The summed E-state index contributed by atoms with van der Waals surface area (Å²) in [5.41, 5.74) is 0.125. The Morgan fingerprint density at radius 2 is 2.12 bits per heavy atom. The Balaban J connectivity index is 1.87. The Morgan fingerprint density at radius 3 is 2.80 bits per heavy atom. The van der Waals surface area contributed by atoms with E-state index in [0.717, 1.165) is 22.7 Å². The van der Waals surface area contributed by atoms with Crippen LogP contribution in [0.5, 0.6) is 0 Å². The highest BCUT2D eigenvalue weighted by Crippen LogP contribution is 2.35. The topological polar surface area (TPSA) is 87.6 Å². The van der Waals surface area contributed by atoms with Crippen molar-refractivity contribution in [2.75, 3.05) is 4.90 Å². The number of carboxylic acid groups (broad SMARTS) is 1. The van der Waals surface area contributed by atoms with Gasteiger partial charge in [0.25, 0.3) is 0 Å². The number of rotatable bonds is 4. The van der Waals surface area contributed by atoms with Crippen LogP contribution in [0.2, 0.25) is 5.02 Å². The van der Waals surface area contributed by atoms with Gasteiger partial charge in [0, 0.05) is 12.6 Å². The van der Waals surface area contributed by atoms with E-state index in [9.17, 15) is 23.9 Å². The third-order valence-electron chi connectivity index (χ3n) is 3.52. The van der Waals surface area contributed by atoms with Crippen LogP contribution in [0.15, 0.2) is 41.6 Å². The molecule has 0 bridgehead atoms. The maximum Gasteiger partial charge on any atom is 0.338 e. The second-order valence-corrected chi connectivity index (χ2v) is 6.74. The van der Waals surface area contributed by atoms with E-state index >= 15 is 0 Å². The van der Waals surface area contributed by atoms with Gasteiger partial charge < -0.3 is 5.11 Å². The van der Waals surface area contributed by atoms with Crippen molar-refractivity contribution < 1.29 is 23.9 Å². The second kappa shape index (κ2) is 6.81. The molecule has 1 fully saturated rings. The van der Waals surface area contributed by atoms with Crippen LogP contribution in [-0.2, 0) is 9.59 Å². The zero-order valence-electron chi connectivity index (χ0n) is 12.5. The zero-order chi connectivity index (χ0) is 18.1. The zero-order valence-corrected chi connectivity index (χ0v) is 14.1. The molecular weight excluding hydrogens is 371 g/mol. The number of halogens is 2. The van der Waals surface area contributed by atoms with Crippen LogP contribution in [-0.4, -0.2) is 33.1 Å². The van der Waals surface area contributed by atoms with Crippen molar-refractivity contribution in [3.63, 3.8) is 0 Å². The van der Waals surface area contributed by atoms with E-state index in [1.807, 2.05) is 0 Å². The lowest BCUT2D eigenvalue weighted by Gasteiger charge is -2.15. The van der Waals surface area contributed by atoms with Gasteiger partial charge in [-0.1, -0.05) is 23.4 Å². The maximum absolute atomic E-state index is 13.3. The van der Waals surface area contributed by atoms with E-state index in [-0.39, 0.29) is 27.7 Å². The number of benzene rings is 1. The van der Waals surface area contributed by atoms with E-state index in [1.54, 1.807) is 0 Å². The van der Waals surface area contributed by atoms with Crippen molar-refractivity contribution in [3.05, 3.63) is 52.9 Å². The number of pyridine rings is 1. The molecule has 2 amide bonds. The largest absolute Gasteiger partial charge is 0.478 e. The minimum absolute atomic E-state index is 0.0453. The Labute approximate surface area is 150 Å². The van der Waals surface area contributed by atoms with Gasteiger partial charge in [0.2, 0.25) is 11.8 Å². The normalized spacial score (nSPS) is 17.2. The van der Waals surface area contributed by atoms with Gasteiger partial charge in [-0.2, -0.15) is 0 Å². The van der Waals surface area contributed by atoms with Gasteiger partial charge in [-0.05, 0) is 30.3 Å². The summed E-state index contributed by atoms with van der Waals surface area (Å²) >= 11 is 6.62. The Kier molecular flexibility index (Phi) is 4.73. The highest BCUT2D eigenvalue weighted by Gasteiger charge is 2.41. The minimum Gasteiger partial charge on any atom is -0.478 e. The van der Waals surface area contributed by atoms with Crippen molar-refractivity contribution in [1.82, 2.24) is 4.98 Å². The fourth-order valence-electron chi connectivity index (χ4n) is 2.37. The van der Waals surface area contributed by atoms with Crippen LogP contribution in [0, 0.1) is 5.82 Å². The molecule has 25 heavy (non-hydrogen) atoms. The van der Waals surface area contributed by atoms with Crippen LogP contribution in [0.25, 0.3) is 0 Å². The summed E-state index contributed by atoms with van der Waals surface area (Å²) in [5.74, 6) is -2.83. The molecule has 0 radical (unpaired) electrons. The van der Waals surface area contributed by atoms with Gasteiger partial charge in [-0.25, -0.2) is 19.1 Å². The van der Waals surface area contributed by atoms with Crippen LogP contribution in [0.1, 0.15) is 16.8 Å². The predicted octanol–water partition coefficient (Wildman–Crippen LogP) is 3.00. The molecule has 9 heteroatoms. The lowest BCUT2D eigenvalue weighted by Crippen LogP contribution is -2.31. The molecule has 1 aromatic carbocycles. The predicted molar refractivity (Wildman–Crippen MR) is 89.4 cm³/mol. The number of anilines is 1. The third kappa shape index (κ3) is 3.35. The van der Waals surface area contributed by atoms with Gasteiger partial charge in [-0.15, -0.1) is 0 Å². The lowest BCUT2D eigenvalue weighted by molar-refractivity contribution is -0.121. The van der Waals surface area contributed by atoms with E-state index in [4.69, 9.17) is 11.6 Å². The summed E-state index contributed by atoms with van der Waals surface area (Å²) in [6.07, 6.45) is 1.29. The quantitative estimate of drug-likeness (QED) is 0.820. The number of imide groups is 1. The first-order chi connectivity index (χ1) is 11.9. The fourth-order valence-corrected chi connectivity index (χ4v) is 3.65. The molecule has 128 valence electrons. The molecule has 1 aliphatic heterocycles. The molecule has 1 atom stereocenters. The van der Waals surface area contributed by atoms with Crippen molar-refractivity contribution in [2.24, 2.45) is 0 Å². The molecule has 3 rings (SSSR count). The van der Waals surface area contributed by atoms with E-state index in [1.165, 1.54) is 30.5 Å². The number of carboxylic acids is 1. The number of carbonyl (C=O) groups excluding carboxylic acids is 2. The summed E-state index contributed by atoms with van der Waals surface area (Å²) < 4.78 is 13.3. The van der Waals surface area contributed by atoms with Crippen LogP contribution >= 0.6 is 23.4 Å². The molecule has 0 spiro atoms. The van der Waals surface area contributed by atoms with Crippen molar-refractivity contribution in [1.29, 1.82) is 0 Å². The number of nitrogens with zero attached hydrogens (tertiary/aromatic N) is 2. The Bertz CT molecular complexity index is 892. The Morgan fingerprint density at radius 1 is 1.36 bits per heavy atom. The number of thioether (sulfide) groups is 1. The molecule has 0 aliphatic carbocycles. The Hall–Kier alpha value is -2.45. The monoisotopic (exact) mass is 380 g/mol. The van der Waals surface area contributed by atoms with E-state index in [0.29, 0.717) is 0 Å². The SMILES string of the molecule is O=C(O)c1cccnc1SC1CC(=O)N(c2ccc(F)c(Cl)c2)C1=O. The summed E-state index contributed by atoms with van der Waals surface area (Å²) in [4.78, 5) is 40.9. The first-order valence-electron chi connectivity index (χ1n) is 7.05. The first kappa shape index (κ1) is 17.4. The molecule has 0 saturated carbocycles. The van der Waals surface area contributed by atoms with E-state index in [2.05, 4.69) is 4.98 Å². The molecule has 1 N–H and O–H groups in total. The standard InChI is InChI=1S/C16H10ClFN2O4S/c17-10-6-8(3-4-11(10)18)20-13(21)7-12(15(20)22)25-14-9(16(23)24)2-1-5-19-14/h1-6,12H,7H2,(H,23,24). The summed E-state index contributed by atoms with van der Waals surface area (Å²) in [5, 5.41) is 8.31. The molecule has 2 aromatic rings. The van der Waals surface area contributed by atoms with Crippen molar-refractivity contribution >= 4 is 46.8 Å². The first-order valence-corrected chi connectivity index (χ1v) is 8.31. The highest BCUT2D eigenvalue weighted by molar-refractivity contribution is 8.00. The van der Waals surface area contributed by atoms with Crippen LogP contribution in [0.4, 0.5) is 10.1 Å². The molecule has 1 unspecified atom stereocenters. The van der Waals surface area contributed by atoms with Crippen molar-refractivity contribution in [2.45, 2.75) is 16.7 Å². The number of carbonyl (C=O) groups is 3. The molecule has 1 aromatic heterocycles. The van der Waals surface area contributed by atoms with Gasteiger partial charge >= 0.3 is 5.97 Å². The number of aromatic nitrogens is 1. The fraction of sp³-hybridized carbons (Fsp3) is 0.125. The minimum atomic E-state index is -1.17. The number of amides is 2. The van der Waals surface area contributed by atoms with Crippen LogP contribution < -0.4 is 4.90 Å². The highest BCUT2D eigenvalue weighted by atomic mass is 35.5. The average molecular weight is 381 g/mol. The lowest BCUT2D eigenvalue weighted by atomic mass is 10.3. The van der Waals surface area contributed by atoms with Gasteiger partial charge in [0.1, 0.15) is 10.8 Å². The van der Waals surface area contributed by atoms with Gasteiger partial charge in [0.15, 0.2) is 0 Å². The number of hydrogen-bond acceptors (Lipinski definition) is 5. The third-order valence-corrected chi connectivity index (χ3v) is 5.01. The summed E-state index contributed by atoms with van der Waals surface area (Å²) in [7, 11) is 0. The summed E-state index contributed by atoms with van der Waals surface area (Å²) in [6.45, 7) is 0. The number of hydrogen-bond donors (Lipinski definition) is 1. The van der Waals surface area contributed by atoms with E-state index < -0.39 is 28.9 Å². The molecule has 1 saturated heterocycles.